The van der Waals surface area contributed by atoms with E-state index in [1.165, 1.54) is 38.2 Å². The second kappa shape index (κ2) is 20.2. The minimum Gasteiger partial charge on any atom is -0.458 e. The third kappa shape index (κ3) is 8.44. The van der Waals surface area contributed by atoms with Crippen LogP contribution in [0.15, 0.2) is 261 Å². The Labute approximate surface area is 531 Å². The van der Waals surface area contributed by atoms with E-state index in [4.69, 9.17) is 18.4 Å². The second-order valence-corrected chi connectivity index (χ2v) is 25.2. The number of hydrogen-bond donors (Lipinski definition) is 0. The summed E-state index contributed by atoms with van der Waals surface area (Å²) in [6.45, 7) is 17.8. The van der Waals surface area contributed by atoms with E-state index in [9.17, 15) is 0 Å². The van der Waals surface area contributed by atoms with Crippen molar-refractivity contribution in [3.63, 3.8) is 0 Å². The number of benzene rings is 12. The van der Waals surface area contributed by atoms with Gasteiger partial charge in [0.25, 0.3) is 6.71 Å². The fourth-order valence-corrected chi connectivity index (χ4v) is 14.3. The number of anilines is 9. The van der Waals surface area contributed by atoms with Crippen molar-refractivity contribution >= 4 is 96.1 Å². The summed E-state index contributed by atoms with van der Waals surface area (Å²) in [6.07, 6.45) is 0. The van der Waals surface area contributed by atoms with Crippen LogP contribution in [0.2, 0.25) is 0 Å². The lowest BCUT2D eigenvalue weighted by atomic mass is 9.34. The second-order valence-electron chi connectivity index (χ2n) is 25.2. The molecule has 0 amide bonds. The van der Waals surface area contributed by atoms with Gasteiger partial charge in [0.15, 0.2) is 0 Å². The van der Waals surface area contributed by atoms with E-state index in [0.717, 1.165) is 106 Å². The molecule has 0 saturated heterocycles. The normalized spacial score (nSPS) is 15.0. The monoisotopic (exact) mass is 1140 g/mol. The third-order valence-corrected chi connectivity index (χ3v) is 18.4. The van der Waals surface area contributed by atoms with E-state index < -0.39 is 60.4 Å². The zero-order valence-electron chi connectivity index (χ0n) is 60.3. The average molecular weight is 1150 g/mol. The van der Waals surface area contributed by atoms with Crippen LogP contribution < -0.4 is 35.8 Å². The van der Waals surface area contributed by atoms with Gasteiger partial charge in [-0.15, -0.1) is 0 Å². The van der Waals surface area contributed by atoms with Crippen molar-refractivity contribution < 1.29 is 18.4 Å². The minimum absolute atomic E-state index is 0.121. The molecule has 0 N–H and O–H groups in total. The van der Waals surface area contributed by atoms with Gasteiger partial charge in [0.05, 0.1) is 24.7 Å². The van der Waals surface area contributed by atoms with Crippen molar-refractivity contribution in [1.29, 1.82) is 0 Å². The van der Waals surface area contributed by atoms with Crippen molar-refractivity contribution in [2.45, 2.75) is 66.2 Å². The molecule has 0 bridgehead atoms. The SMILES string of the molecule is [2H]c1c([2H])c([2H])c(N(c2ccc3c4ccccc4n(-c4cc(C)c(-c5ccc(N6c7cc(C(C)(C)C)ccc7B7c8cc9c(cc8Oc8cc(C)cc6c87)-c6ccc(N(c7ccccc7)c7ccccc7)cc6C9(C)C)cc5)c(C)c4)c3c2)c2c([2H])c([2H])c([2H])c([2H])c2[2H])c([2H])c1[2H]. The highest BCUT2D eigenvalue weighted by Crippen LogP contribution is 2.53. The highest BCUT2D eigenvalue weighted by Gasteiger charge is 2.45. The Hall–Kier alpha value is -10.3. The largest absolute Gasteiger partial charge is 0.458 e. The van der Waals surface area contributed by atoms with Crippen LogP contribution in [0, 0.1) is 20.8 Å². The molecular formula is C82H67BN4O. The van der Waals surface area contributed by atoms with Crippen LogP contribution in [0.1, 0.15) is 81.7 Å². The lowest BCUT2D eigenvalue weighted by Gasteiger charge is -2.41. The molecule has 5 nitrogen and oxygen atoms in total. The molecule has 0 radical (unpaired) electrons. The number of para-hydroxylation sites is 5. The predicted molar refractivity (Wildman–Crippen MR) is 372 cm³/mol. The predicted octanol–water partition coefficient (Wildman–Crippen LogP) is 20.3. The molecule has 0 spiro atoms. The topological polar surface area (TPSA) is 23.9 Å². The van der Waals surface area contributed by atoms with Gasteiger partial charge in [0, 0.05) is 73.1 Å². The van der Waals surface area contributed by atoms with Crippen molar-refractivity contribution in [2.75, 3.05) is 14.7 Å². The lowest BCUT2D eigenvalue weighted by molar-refractivity contribution is 0.487. The van der Waals surface area contributed by atoms with Gasteiger partial charge in [0.2, 0.25) is 0 Å². The molecule has 1 aromatic heterocycles. The Morgan fingerprint density at radius 1 is 0.466 bits per heavy atom. The summed E-state index contributed by atoms with van der Waals surface area (Å²) in [6, 6.07) is 64.8. The van der Waals surface area contributed by atoms with Gasteiger partial charge in [-0.3, -0.25) is 0 Å². The first-order chi connectivity index (χ1) is 46.9. The van der Waals surface area contributed by atoms with Crippen molar-refractivity contribution in [1.82, 2.24) is 4.57 Å². The Bertz CT molecular complexity index is 5380. The third-order valence-electron chi connectivity index (χ3n) is 18.4. The maximum atomic E-state index is 9.13. The number of rotatable bonds is 9. The van der Waals surface area contributed by atoms with Crippen molar-refractivity contribution in [2.24, 2.45) is 0 Å². The van der Waals surface area contributed by atoms with Gasteiger partial charge in [-0.1, -0.05) is 168 Å². The molecule has 13 aromatic rings. The smallest absolute Gasteiger partial charge is 0.256 e. The molecule has 3 aliphatic rings. The van der Waals surface area contributed by atoms with Gasteiger partial charge in [-0.05, 0) is 226 Å². The number of nitrogens with zero attached hydrogens (tertiary/aromatic N) is 4. The van der Waals surface area contributed by atoms with E-state index in [1.54, 1.807) is 12.1 Å². The van der Waals surface area contributed by atoms with Crippen LogP contribution in [-0.2, 0) is 10.8 Å². The van der Waals surface area contributed by atoms with Crippen LogP contribution in [0.4, 0.5) is 51.2 Å². The molecule has 3 heterocycles. The van der Waals surface area contributed by atoms with E-state index in [2.05, 4.69) is 227 Å². The Morgan fingerprint density at radius 3 is 1.74 bits per heavy atom. The molecule has 6 heteroatoms. The number of aromatic nitrogens is 1. The van der Waals surface area contributed by atoms with E-state index in [1.807, 2.05) is 30.3 Å². The molecular weight excluding hydrogens is 1070 g/mol. The van der Waals surface area contributed by atoms with Crippen molar-refractivity contribution in [3.8, 4) is 39.4 Å². The molecule has 12 aromatic carbocycles. The number of hydrogen-bond acceptors (Lipinski definition) is 4. The Balaban J connectivity index is 0.789. The molecule has 2 aliphatic heterocycles. The van der Waals surface area contributed by atoms with Crippen LogP contribution in [0.5, 0.6) is 11.5 Å². The van der Waals surface area contributed by atoms with Gasteiger partial charge in [-0.2, -0.15) is 0 Å². The first-order valence-corrected chi connectivity index (χ1v) is 30.1. The molecule has 424 valence electrons. The zero-order chi connectivity index (χ0) is 68.4. The maximum absolute atomic E-state index is 9.13. The average Bonchev–Trinajstić information content (AvgIpc) is 1.25. The van der Waals surface area contributed by atoms with Crippen LogP contribution in [0.25, 0.3) is 49.7 Å². The first-order valence-electron chi connectivity index (χ1n) is 35.1. The molecule has 0 fully saturated rings. The zero-order valence-corrected chi connectivity index (χ0v) is 50.3. The first kappa shape index (κ1) is 43.3. The van der Waals surface area contributed by atoms with Crippen LogP contribution in [0.3, 0.4) is 0 Å². The summed E-state index contributed by atoms with van der Waals surface area (Å²) in [5.41, 5.74) is 22.8. The van der Waals surface area contributed by atoms with Gasteiger partial charge < -0.3 is 24.0 Å². The van der Waals surface area contributed by atoms with E-state index in [-0.39, 0.29) is 34.6 Å². The molecule has 0 unspecified atom stereocenters. The lowest BCUT2D eigenvalue weighted by Crippen LogP contribution is -2.59. The molecule has 88 heavy (non-hydrogen) atoms. The minimum atomic E-state index is -0.629. The van der Waals surface area contributed by atoms with Gasteiger partial charge >= 0.3 is 0 Å². The molecule has 0 atom stereocenters. The number of fused-ring (bicyclic) bond motifs is 10. The quantitative estimate of drug-likeness (QED) is 0.134. The Morgan fingerprint density at radius 2 is 1.07 bits per heavy atom. The van der Waals surface area contributed by atoms with Gasteiger partial charge in [0.1, 0.15) is 11.5 Å². The van der Waals surface area contributed by atoms with Gasteiger partial charge in [-0.25, -0.2) is 0 Å². The summed E-state index contributed by atoms with van der Waals surface area (Å²) in [5, 5.41) is 1.77. The Kier molecular flexibility index (Phi) is 9.92. The summed E-state index contributed by atoms with van der Waals surface area (Å²) in [4.78, 5) is 5.98. The number of ether oxygens (including phenoxy) is 1. The van der Waals surface area contributed by atoms with Crippen LogP contribution >= 0.6 is 0 Å². The van der Waals surface area contributed by atoms with E-state index >= 15 is 0 Å². The van der Waals surface area contributed by atoms with E-state index in [0.29, 0.717) is 5.52 Å². The fourth-order valence-electron chi connectivity index (χ4n) is 14.3. The molecule has 1 aliphatic carbocycles. The summed E-state index contributed by atoms with van der Waals surface area (Å²) in [7, 11) is 0. The fraction of sp³-hybridized carbons (Fsp3) is 0.122. The summed E-state index contributed by atoms with van der Waals surface area (Å²) < 4.78 is 97.5. The highest BCUT2D eigenvalue weighted by atomic mass is 16.5. The summed E-state index contributed by atoms with van der Waals surface area (Å²) >= 11 is 0. The molecule has 16 rings (SSSR count). The van der Waals surface area contributed by atoms with Crippen molar-refractivity contribution in [3.05, 3.63) is 294 Å². The maximum Gasteiger partial charge on any atom is 0.256 e. The standard InChI is InChI=1S/C82H67BN4O/c1-52-43-76-80-78(44-52)88-77-50-68-65-40-38-62(84(57-23-13-9-14-24-57)58-25-15-10-16-26-58)48-69(65)82(7,8)70(68)51-72(77)83(80)71-42-35-56(81(4,5)6)47-75(71)86(76)61-36-33-55(34-37-61)79-53(2)45-64(46-54(79)3)87-73-32-22-21-31-66(73)67-41-39-63(49-74(67)87)85(59-27-17-11-18-28-59)60-29-19-12-20-30-60/h9-51H,1-8H3/i11D,12D,17D,18D,19D,20D,27D,28D,29D,30D. The summed E-state index contributed by atoms with van der Waals surface area (Å²) in [5.74, 6) is 1.72. The van der Waals surface area contributed by atoms with Crippen LogP contribution in [-0.4, -0.2) is 11.3 Å². The number of aryl methyl sites for hydroxylation is 3. The highest BCUT2D eigenvalue weighted by molar-refractivity contribution is 6.99. The molecule has 0 saturated carbocycles.